The van der Waals surface area contributed by atoms with E-state index in [-0.39, 0.29) is 12.6 Å². The summed E-state index contributed by atoms with van der Waals surface area (Å²) in [4.78, 5) is 25.2. The third kappa shape index (κ3) is 3.22. The van der Waals surface area contributed by atoms with Crippen molar-refractivity contribution >= 4 is 11.9 Å². The summed E-state index contributed by atoms with van der Waals surface area (Å²) in [6, 6.07) is 0.789. The molecule has 0 aromatic carbocycles. The molecule has 5 nitrogen and oxygen atoms in total. The molecule has 2 rings (SSSR count). The summed E-state index contributed by atoms with van der Waals surface area (Å²) in [6.07, 6.45) is 6.13. The van der Waals surface area contributed by atoms with E-state index >= 15 is 0 Å². The Bertz CT molecular complexity index is 313. The summed E-state index contributed by atoms with van der Waals surface area (Å²) in [5, 5.41) is 2.76. The minimum absolute atomic E-state index is 0.0995. The molecule has 2 aliphatic rings. The van der Waals surface area contributed by atoms with E-state index in [2.05, 4.69) is 15.0 Å². The molecule has 2 fully saturated rings. The predicted octanol–water partition coefficient (Wildman–Crippen LogP) is 0.683. The molecule has 1 amide bonds. The lowest BCUT2D eigenvalue weighted by atomic mass is 10.2. The molecule has 0 aromatic heterocycles. The molecule has 1 saturated heterocycles. The summed E-state index contributed by atoms with van der Waals surface area (Å²) >= 11 is 0. The number of rotatable bonds is 3. The summed E-state index contributed by atoms with van der Waals surface area (Å²) in [5.74, 6) is -1.37. The topological polar surface area (TPSA) is 58.6 Å². The van der Waals surface area contributed by atoms with Crippen LogP contribution in [0.3, 0.4) is 0 Å². The third-order valence-electron chi connectivity index (χ3n) is 3.86. The highest BCUT2D eigenvalue weighted by Crippen LogP contribution is 2.26. The number of ether oxygens (including phenoxy) is 1. The average Bonchev–Trinajstić information content (AvgIpc) is 2.98. The average molecular weight is 254 g/mol. The van der Waals surface area contributed by atoms with Crippen LogP contribution >= 0.6 is 0 Å². The number of likely N-dealkylation sites (tertiary alicyclic amines) is 1. The number of amides is 1. The quantitative estimate of drug-likeness (QED) is 0.594. The molecule has 1 saturated carbocycles. The third-order valence-corrected chi connectivity index (χ3v) is 3.86. The van der Waals surface area contributed by atoms with Crippen LogP contribution in [0.2, 0.25) is 0 Å². The molecule has 1 aliphatic heterocycles. The summed E-state index contributed by atoms with van der Waals surface area (Å²) in [7, 11) is 0. The zero-order valence-electron chi connectivity index (χ0n) is 11.0. The molecular weight excluding hydrogens is 232 g/mol. The molecule has 0 radical (unpaired) electrons. The van der Waals surface area contributed by atoms with E-state index in [1.54, 1.807) is 6.92 Å². The van der Waals surface area contributed by atoms with Crippen LogP contribution in [0.4, 0.5) is 0 Å². The molecule has 1 aliphatic carbocycles. The number of nitrogens with one attached hydrogen (secondary N) is 1. The lowest BCUT2D eigenvalue weighted by Gasteiger charge is -2.23. The number of hydrogen-bond acceptors (Lipinski definition) is 4. The monoisotopic (exact) mass is 254 g/mol. The number of carbonyl (C=O) groups is 2. The van der Waals surface area contributed by atoms with Gasteiger partial charge in [-0.05, 0) is 26.2 Å². The molecule has 0 aromatic rings. The Morgan fingerprint density at radius 3 is 2.67 bits per heavy atom. The zero-order chi connectivity index (χ0) is 13.0. The van der Waals surface area contributed by atoms with E-state index in [0.29, 0.717) is 6.04 Å². The van der Waals surface area contributed by atoms with Crippen molar-refractivity contribution in [3.63, 3.8) is 0 Å². The maximum absolute atomic E-state index is 11.5. The van der Waals surface area contributed by atoms with Gasteiger partial charge in [0.1, 0.15) is 0 Å². The van der Waals surface area contributed by atoms with Crippen LogP contribution in [-0.4, -0.2) is 48.6 Å². The molecule has 5 heteroatoms. The van der Waals surface area contributed by atoms with E-state index in [4.69, 9.17) is 0 Å². The second kappa shape index (κ2) is 6.18. The Labute approximate surface area is 108 Å². The van der Waals surface area contributed by atoms with Gasteiger partial charge in [-0.1, -0.05) is 12.8 Å². The summed E-state index contributed by atoms with van der Waals surface area (Å²) in [5.41, 5.74) is 0. The Morgan fingerprint density at radius 2 is 2.00 bits per heavy atom. The first-order valence-corrected chi connectivity index (χ1v) is 6.92. The number of hydrogen-bond donors (Lipinski definition) is 1. The smallest absolute Gasteiger partial charge is 0.396 e. The SMILES string of the molecule is CCOC(=O)C(=O)NC1CCN(C2CCCC2)C1. The van der Waals surface area contributed by atoms with Crippen molar-refractivity contribution in [3.8, 4) is 0 Å². The van der Waals surface area contributed by atoms with Crippen LogP contribution in [0, 0.1) is 0 Å². The van der Waals surface area contributed by atoms with Gasteiger partial charge >= 0.3 is 11.9 Å². The largest absolute Gasteiger partial charge is 0.459 e. The maximum Gasteiger partial charge on any atom is 0.396 e. The van der Waals surface area contributed by atoms with Gasteiger partial charge in [-0.3, -0.25) is 9.69 Å². The first-order valence-electron chi connectivity index (χ1n) is 6.92. The van der Waals surface area contributed by atoms with Crippen LogP contribution in [0.25, 0.3) is 0 Å². The van der Waals surface area contributed by atoms with Crippen molar-refractivity contribution in [1.29, 1.82) is 0 Å². The van der Waals surface area contributed by atoms with Crippen LogP contribution in [0.5, 0.6) is 0 Å². The molecule has 18 heavy (non-hydrogen) atoms. The second-order valence-electron chi connectivity index (χ2n) is 5.11. The fraction of sp³-hybridized carbons (Fsp3) is 0.846. The highest BCUT2D eigenvalue weighted by atomic mass is 16.5. The van der Waals surface area contributed by atoms with Gasteiger partial charge in [0.25, 0.3) is 0 Å². The first-order chi connectivity index (χ1) is 8.70. The fourth-order valence-corrected chi connectivity index (χ4v) is 2.95. The van der Waals surface area contributed by atoms with Crippen LogP contribution in [-0.2, 0) is 14.3 Å². The standard InChI is InChI=1S/C13H22N2O3/c1-2-18-13(17)12(16)14-10-7-8-15(9-10)11-5-3-4-6-11/h10-11H,2-9H2,1H3,(H,14,16). The van der Waals surface area contributed by atoms with Crippen LogP contribution < -0.4 is 5.32 Å². The molecule has 1 unspecified atom stereocenters. The molecule has 1 atom stereocenters. The van der Waals surface area contributed by atoms with Gasteiger partial charge in [0.15, 0.2) is 0 Å². The maximum atomic E-state index is 11.5. The molecule has 102 valence electrons. The molecular formula is C13H22N2O3. The van der Waals surface area contributed by atoms with Crippen molar-refractivity contribution in [2.75, 3.05) is 19.7 Å². The van der Waals surface area contributed by atoms with E-state index in [9.17, 15) is 9.59 Å². The highest BCUT2D eigenvalue weighted by molar-refractivity contribution is 6.32. The zero-order valence-corrected chi connectivity index (χ0v) is 11.0. The van der Waals surface area contributed by atoms with E-state index in [1.165, 1.54) is 25.7 Å². The van der Waals surface area contributed by atoms with Gasteiger partial charge in [-0.15, -0.1) is 0 Å². The van der Waals surface area contributed by atoms with Gasteiger partial charge in [0, 0.05) is 25.2 Å². The lowest BCUT2D eigenvalue weighted by Crippen LogP contribution is -2.42. The number of esters is 1. The Kier molecular flexibility index (Phi) is 4.58. The van der Waals surface area contributed by atoms with Crippen molar-refractivity contribution in [2.45, 2.75) is 51.1 Å². The van der Waals surface area contributed by atoms with Crippen LogP contribution in [0.1, 0.15) is 39.0 Å². The van der Waals surface area contributed by atoms with E-state index < -0.39 is 11.9 Å². The van der Waals surface area contributed by atoms with Crippen LogP contribution in [0.15, 0.2) is 0 Å². The first kappa shape index (κ1) is 13.3. The summed E-state index contributed by atoms with van der Waals surface area (Å²) < 4.78 is 4.68. The fourth-order valence-electron chi connectivity index (χ4n) is 2.95. The van der Waals surface area contributed by atoms with Gasteiger partial charge in [0.2, 0.25) is 0 Å². The Hall–Kier alpha value is -1.10. The van der Waals surface area contributed by atoms with E-state index in [0.717, 1.165) is 19.5 Å². The van der Waals surface area contributed by atoms with Crippen molar-refractivity contribution in [3.05, 3.63) is 0 Å². The van der Waals surface area contributed by atoms with Gasteiger partial charge in [-0.25, -0.2) is 4.79 Å². The van der Waals surface area contributed by atoms with E-state index in [1.807, 2.05) is 0 Å². The van der Waals surface area contributed by atoms with Gasteiger partial charge < -0.3 is 10.1 Å². The molecule has 0 bridgehead atoms. The number of carbonyl (C=O) groups excluding carboxylic acids is 2. The minimum Gasteiger partial charge on any atom is -0.459 e. The normalized spacial score (nSPS) is 25.3. The summed E-state index contributed by atoms with van der Waals surface area (Å²) in [6.45, 7) is 3.84. The van der Waals surface area contributed by atoms with Crippen molar-refractivity contribution in [1.82, 2.24) is 10.2 Å². The predicted molar refractivity (Wildman–Crippen MR) is 67.0 cm³/mol. The minimum atomic E-state index is -0.767. The lowest BCUT2D eigenvalue weighted by molar-refractivity contribution is -0.154. The van der Waals surface area contributed by atoms with Crippen molar-refractivity contribution in [2.24, 2.45) is 0 Å². The molecule has 1 N–H and O–H groups in total. The number of nitrogens with zero attached hydrogens (tertiary/aromatic N) is 1. The molecule has 0 spiro atoms. The second-order valence-corrected chi connectivity index (χ2v) is 5.11. The Balaban J connectivity index is 1.75. The van der Waals surface area contributed by atoms with Gasteiger partial charge in [0.05, 0.1) is 6.61 Å². The van der Waals surface area contributed by atoms with Gasteiger partial charge in [-0.2, -0.15) is 0 Å². The highest BCUT2D eigenvalue weighted by Gasteiger charge is 2.31. The van der Waals surface area contributed by atoms with Crippen molar-refractivity contribution < 1.29 is 14.3 Å². The molecule has 1 heterocycles. The Morgan fingerprint density at radius 1 is 1.28 bits per heavy atom.